The first kappa shape index (κ1) is 17.1. The van der Waals surface area contributed by atoms with Gasteiger partial charge in [-0.3, -0.25) is 0 Å². The van der Waals surface area contributed by atoms with Crippen LogP contribution in [-0.4, -0.2) is 20.0 Å². The van der Waals surface area contributed by atoms with Crippen molar-refractivity contribution >= 4 is 27.2 Å². The van der Waals surface area contributed by atoms with Gasteiger partial charge >= 0.3 is 0 Å². The molecular weight excluding hydrogens is 292 g/mol. The fourth-order valence-electron chi connectivity index (χ4n) is 1.83. The first-order valence-electron chi connectivity index (χ1n) is 6.82. The Morgan fingerprint density at radius 3 is 2.40 bits per heavy atom. The molecular formula is C14H22N2O2S2. The maximum absolute atomic E-state index is 12.0. The fourth-order valence-corrected chi connectivity index (χ4v) is 3.07. The van der Waals surface area contributed by atoms with Crippen LogP contribution in [0.4, 0.5) is 0 Å². The van der Waals surface area contributed by atoms with Gasteiger partial charge in [0.1, 0.15) is 0 Å². The Labute approximate surface area is 126 Å². The molecule has 0 aromatic heterocycles. The summed E-state index contributed by atoms with van der Waals surface area (Å²) in [6.07, 6.45) is 4.67. The zero-order valence-corrected chi connectivity index (χ0v) is 13.4. The molecule has 112 valence electrons. The van der Waals surface area contributed by atoms with Gasteiger partial charge < -0.3 is 5.73 Å². The Bertz CT molecular complexity index is 525. The number of nitrogens with two attached hydrogens (primary N) is 1. The topological polar surface area (TPSA) is 72.2 Å². The van der Waals surface area contributed by atoms with E-state index >= 15 is 0 Å². The number of nitrogens with one attached hydrogen (secondary N) is 1. The van der Waals surface area contributed by atoms with Gasteiger partial charge in [-0.2, -0.15) is 0 Å². The van der Waals surface area contributed by atoms with Crippen molar-refractivity contribution < 1.29 is 8.42 Å². The van der Waals surface area contributed by atoms with Crippen molar-refractivity contribution in [1.29, 1.82) is 0 Å². The van der Waals surface area contributed by atoms with Crippen LogP contribution in [0, 0.1) is 0 Å². The van der Waals surface area contributed by atoms with E-state index in [4.69, 9.17) is 18.0 Å². The summed E-state index contributed by atoms with van der Waals surface area (Å²) in [6, 6.07) is 6.65. The monoisotopic (exact) mass is 314 g/mol. The van der Waals surface area contributed by atoms with Crippen molar-refractivity contribution in [3.63, 3.8) is 0 Å². The zero-order chi connectivity index (χ0) is 15.0. The standard InChI is InChI=1S/C14H22N2O2S2/c1-2-3-4-5-10-16-20(17,18)13-8-6-12(7-9-13)11-14(15)19/h6-9,16H,2-5,10-11H2,1H3,(H2,15,19). The molecule has 6 heteroatoms. The summed E-state index contributed by atoms with van der Waals surface area (Å²) < 4.78 is 26.7. The molecule has 0 atom stereocenters. The zero-order valence-electron chi connectivity index (χ0n) is 11.8. The molecule has 0 unspecified atom stereocenters. The summed E-state index contributed by atoms with van der Waals surface area (Å²) in [7, 11) is -3.41. The van der Waals surface area contributed by atoms with Gasteiger partial charge in [0, 0.05) is 13.0 Å². The van der Waals surface area contributed by atoms with Crippen LogP contribution in [0.3, 0.4) is 0 Å². The lowest BCUT2D eigenvalue weighted by Crippen LogP contribution is -2.24. The number of unbranched alkanes of at least 4 members (excludes halogenated alkanes) is 3. The average molecular weight is 314 g/mol. The van der Waals surface area contributed by atoms with Crippen LogP contribution in [0.25, 0.3) is 0 Å². The molecule has 0 aliphatic heterocycles. The molecule has 0 aliphatic rings. The van der Waals surface area contributed by atoms with Gasteiger partial charge in [0.05, 0.1) is 9.88 Å². The number of benzene rings is 1. The molecule has 0 fully saturated rings. The van der Waals surface area contributed by atoms with E-state index in [1.807, 2.05) is 0 Å². The summed E-state index contributed by atoms with van der Waals surface area (Å²) in [4.78, 5) is 0.675. The van der Waals surface area contributed by atoms with Crippen molar-refractivity contribution in [3.05, 3.63) is 29.8 Å². The van der Waals surface area contributed by atoms with Gasteiger partial charge in [-0.25, -0.2) is 13.1 Å². The number of rotatable bonds is 9. The summed E-state index contributed by atoms with van der Waals surface area (Å²) >= 11 is 4.82. The third-order valence-electron chi connectivity index (χ3n) is 2.93. The molecule has 1 aromatic rings. The highest BCUT2D eigenvalue weighted by Crippen LogP contribution is 2.11. The molecule has 0 aliphatic carbocycles. The highest BCUT2D eigenvalue weighted by Gasteiger charge is 2.12. The first-order chi connectivity index (χ1) is 9.45. The Hall–Kier alpha value is -0.980. The molecule has 0 heterocycles. The lowest BCUT2D eigenvalue weighted by molar-refractivity contribution is 0.573. The maximum Gasteiger partial charge on any atom is 0.240 e. The average Bonchev–Trinajstić information content (AvgIpc) is 2.38. The van der Waals surface area contributed by atoms with Crippen LogP contribution in [-0.2, 0) is 16.4 Å². The number of hydrogen-bond acceptors (Lipinski definition) is 3. The molecule has 0 saturated heterocycles. The minimum atomic E-state index is -3.41. The number of hydrogen-bond donors (Lipinski definition) is 2. The summed E-state index contributed by atoms with van der Waals surface area (Å²) in [5.74, 6) is 0. The minimum absolute atomic E-state index is 0.277. The molecule has 4 nitrogen and oxygen atoms in total. The summed E-state index contributed by atoms with van der Waals surface area (Å²) in [5, 5.41) is 0. The summed E-state index contributed by atoms with van der Waals surface area (Å²) in [6.45, 7) is 2.61. The molecule has 0 amide bonds. The Balaban J connectivity index is 2.56. The molecule has 1 rings (SSSR count). The fraction of sp³-hybridized carbons (Fsp3) is 0.500. The molecule has 1 aromatic carbocycles. The van der Waals surface area contributed by atoms with Crippen LogP contribution in [0.2, 0.25) is 0 Å². The van der Waals surface area contributed by atoms with Crippen LogP contribution < -0.4 is 10.5 Å². The van der Waals surface area contributed by atoms with Crippen molar-refractivity contribution in [1.82, 2.24) is 4.72 Å². The van der Waals surface area contributed by atoms with Gasteiger partial charge in [-0.1, -0.05) is 50.5 Å². The molecule has 3 N–H and O–H groups in total. The van der Waals surface area contributed by atoms with Crippen molar-refractivity contribution in [2.24, 2.45) is 5.73 Å². The van der Waals surface area contributed by atoms with Crippen LogP contribution in [0.15, 0.2) is 29.2 Å². The summed E-state index contributed by atoms with van der Waals surface area (Å²) in [5.41, 5.74) is 6.37. The normalized spacial score (nSPS) is 11.4. The van der Waals surface area contributed by atoms with E-state index < -0.39 is 10.0 Å². The van der Waals surface area contributed by atoms with Crippen LogP contribution in [0.5, 0.6) is 0 Å². The largest absolute Gasteiger partial charge is 0.393 e. The highest BCUT2D eigenvalue weighted by atomic mass is 32.2. The van der Waals surface area contributed by atoms with Crippen molar-refractivity contribution in [3.8, 4) is 0 Å². The SMILES string of the molecule is CCCCCCNS(=O)(=O)c1ccc(CC(N)=S)cc1. The van der Waals surface area contributed by atoms with Gasteiger partial charge in [0.2, 0.25) is 10.0 Å². The van der Waals surface area contributed by atoms with Crippen LogP contribution in [0.1, 0.15) is 38.2 Å². The number of sulfonamides is 1. The van der Waals surface area contributed by atoms with E-state index in [1.54, 1.807) is 24.3 Å². The lowest BCUT2D eigenvalue weighted by atomic mass is 10.1. The highest BCUT2D eigenvalue weighted by molar-refractivity contribution is 7.89. The Morgan fingerprint density at radius 2 is 1.85 bits per heavy atom. The Morgan fingerprint density at radius 1 is 1.20 bits per heavy atom. The van der Waals surface area contributed by atoms with Gasteiger partial charge in [-0.15, -0.1) is 0 Å². The van der Waals surface area contributed by atoms with Crippen molar-refractivity contribution in [2.45, 2.75) is 43.9 Å². The van der Waals surface area contributed by atoms with E-state index in [1.165, 1.54) is 0 Å². The van der Waals surface area contributed by atoms with E-state index in [0.717, 1.165) is 31.2 Å². The van der Waals surface area contributed by atoms with Crippen LogP contribution >= 0.6 is 12.2 Å². The molecule has 0 bridgehead atoms. The van der Waals surface area contributed by atoms with Gasteiger partial charge in [0.25, 0.3) is 0 Å². The lowest BCUT2D eigenvalue weighted by Gasteiger charge is -2.07. The Kier molecular flexibility index (Phi) is 7.12. The third kappa shape index (κ3) is 5.98. The second-order valence-electron chi connectivity index (χ2n) is 4.75. The first-order valence-corrected chi connectivity index (χ1v) is 8.71. The predicted molar refractivity (Wildman–Crippen MR) is 86.3 cm³/mol. The quantitative estimate of drug-likeness (QED) is 0.542. The van der Waals surface area contributed by atoms with E-state index in [2.05, 4.69) is 11.6 Å². The third-order valence-corrected chi connectivity index (χ3v) is 4.56. The van der Waals surface area contributed by atoms with E-state index in [9.17, 15) is 8.42 Å². The second-order valence-corrected chi connectivity index (χ2v) is 7.04. The van der Waals surface area contributed by atoms with Gasteiger partial charge in [-0.05, 0) is 24.1 Å². The molecule has 0 radical (unpaired) electrons. The van der Waals surface area contributed by atoms with Crippen molar-refractivity contribution in [2.75, 3.05) is 6.54 Å². The smallest absolute Gasteiger partial charge is 0.240 e. The maximum atomic E-state index is 12.0. The molecule has 0 spiro atoms. The molecule has 20 heavy (non-hydrogen) atoms. The van der Waals surface area contributed by atoms with E-state index in [0.29, 0.717) is 18.0 Å². The second kappa shape index (κ2) is 8.34. The number of thiocarbonyl (C=S) groups is 1. The van der Waals surface area contributed by atoms with Gasteiger partial charge in [0.15, 0.2) is 0 Å². The minimum Gasteiger partial charge on any atom is -0.393 e. The predicted octanol–water partition coefficient (Wildman–Crippen LogP) is 2.37. The molecule has 0 saturated carbocycles. The van der Waals surface area contributed by atoms with E-state index in [-0.39, 0.29) is 4.90 Å².